The number of carboxylic acid groups (broad SMARTS) is 2. The molecule has 0 spiro atoms. The maximum absolute atomic E-state index is 11.6. The molecular formula is C39H53N5O10S2. The number of ether oxygens (including phenoxy) is 5. The fraction of sp³-hybridized carbons (Fsp3) is 0.513. The Morgan fingerprint density at radius 1 is 0.732 bits per heavy atom. The SMILES string of the molecule is Cc1cc(CN(CCOCCCSCCOCCOc2ccc(N=C=S)cc2)CCOCCOCCN(CCO)Cc2cccc(C(=O)O)n2)nc(C(=O)O)c1. The number of hydrogen-bond acceptors (Lipinski definition) is 15. The zero-order valence-corrected chi connectivity index (χ0v) is 33.5. The van der Waals surface area contributed by atoms with Crippen LogP contribution >= 0.6 is 24.0 Å². The molecule has 2 aromatic heterocycles. The fourth-order valence-electron chi connectivity index (χ4n) is 5.23. The van der Waals surface area contributed by atoms with Gasteiger partial charge in [-0.3, -0.25) is 9.80 Å². The number of aromatic carboxylic acids is 2. The normalized spacial score (nSPS) is 11.2. The van der Waals surface area contributed by atoms with E-state index in [-0.39, 0.29) is 18.0 Å². The molecule has 0 aliphatic rings. The molecule has 3 N–H and O–H groups in total. The van der Waals surface area contributed by atoms with Gasteiger partial charge in [-0.25, -0.2) is 19.6 Å². The van der Waals surface area contributed by atoms with Crippen LogP contribution in [0.3, 0.4) is 0 Å². The Bertz CT molecular complexity index is 1630. The van der Waals surface area contributed by atoms with Crippen molar-refractivity contribution in [2.75, 3.05) is 104 Å². The molecule has 15 nitrogen and oxygen atoms in total. The summed E-state index contributed by atoms with van der Waals surface area (Å²) in [5, 5.41) is 30.5. The van der Waals surface area contributed by atoms with Gasteiger partial charge in [0.05, 0.1) is 75.1 Å². The van der Waals surface area contributed by atoms with Gasteiger partial charge in [0.25, 0.3) is 0 Å². The number of aliphatic imine (C=N–C) groups is 1. The molecule has 0 saturated carbocycles. The average molecular weight is 816 g/mol. The smallest absolute Gasteiger partial charge is 0.354 e. The van der Waals surface area contributed by atoms with Gasteiger partial charge < -0.3 is 39.0 Å². The lowest BCUT2D eigenvalue weighted by Crippen LogP contribution is -2.32. The predicted molar refractivity (Wildman–Crippen MR) is 217 cm³/mol. The van der Waals surface area contributed by atoms with E-state index in [4.69, 9.17) is 23.7 Å². The van der Waals surface area contributed by atoms with Gasteiger partial charge in [0.1, 0.15) is 23.7 Å². The van der Waals surface area contributed by atoms with E-state index in [1.165, 1.54) is 6.07 Å². The highest BCUT2D eigenvalue weighted by atomic mass is 32.2. The van der Waals surface area contributed by atoms with Crippen molar-refractivity contribution in [1.29, 1.82) is 0 Å². The lowest BCUT2D eigenvalue weighted by atomic mass is 10.2. The van der Waals surface area contributed by atoms with Gasteiger partial charge in [0.15, 0.2) is 0 Å². The van der Waals surface area contributed by atoms with Crippen molar-refractivity contribution in [3.05, 3.63) is 82.9 Å². The van der Waals surface area contributed by atoms with Crippen LogP contribution in [-0.4, -0.2) is 156 Å². The summed E-state index contributed by atoms with van der Waals surface area (Å²) in [4.78, 5) is 39.3. The van der Waals surface area contributed by atoms with Crippen LogP contribution in [0.4, 0.5) is 5.69 Å². The number of pyridine rings is 2. The van der Waals surface area contributed by atoms with E-state index < -0.39 is 11.9 Å². The molecule has 0 amide bonds. The number of thiocarbonyl (C=S) groups is 1. The van der Waals surface area contributed by atoms with Crippen LogP contribution in [0.5, 0.6) is 5.75 Å². The maximum atomic E-state index is 11.6. The van der Waals surface area contributed by atoms with Gasteiger partial charge in [-0.15, -0.1) is 0 Å². The van der Waals surface area contributed by atoms with Crippen LogP contribution in [0.25, 0.3) is 0 Å². The molecule has 0 saturated heterocycles. The second kappa shape index (κ2) is 28.5. The summed E-state index contributed by atoms with van der Waals surface area (Å²) in [5.74, 6) is 0.442. The number of hydrogen-bond donors (Lipinski definition) is 3. The average Bonchev–Trinajstić information content (AvgIpc) is 3.18. The number of aliphatic hydroxyl groups is 1. The topological polar surface area (TPSA) is 186 Å². The molecule has 0 atom stereocenters. The molecule has 56 heavy (non-hydrogen) atoms. The summed E-state index contributed by atoms with van der Waals surface area (Å²) in [6, 6.07) is 15.6. The van der Waals surface area contributed by atoms with E-state index in [1.54, 1.807) is 18.2 Å². The Kier molecular flexibility index (Phi) is 23.7. The minimum absolute atomic E-state index is 0.0172. The fourth-order valence-corrected chi connectivity index (χ4v) is 6.10. The third kappa shape index (κ3) is 20.3. The molecule has 17 heteroatoms. The van der Waals surface area contributed by atoms with E-state index in [0.29, 0.717) is 110 Å². The molecule has 0 aliphatic carbocycles. The van der Waals surface area contributed by atoms with E-state index >= 15 is 0 Å². The number of thioether (sulfide) groups is 1. The van der Waals surface area contributed by atoms with Crippen molar-refractivity contribution < 1.29 is 48.6 Å². The highest BCUT2D eigenvalue weighted by Gasteiger charge is 2.13. The van der Waals surface area contributed by atoms with Crippen LogP contribution in [0.15, 0.2) is 59.6 Å². The van der Waals surface area contributed by atoms with Crippen molar-refractivity contribution in [2.45, 2.75) is 26.4 Å². The lowest BCUT2D eigenvalue weighted by molar-refractivity contribution is 0.0244. The zero-order valence-electron chi connectivity index (χ0n) is 31.9. The van der Waals surface area contributed by atoms with Crippen molar-refractivity contribution in [2.24, 2.45) is 4.99 Å². The molecular weight excluding hydrogens is 763 g/mol. The molecule has 2 heterocycles. The molecule has 1 aromatic carbocycles. The van der Waals surface area contributed by atoms with Gasteiger partial charge >= 0.3 is 11.9 Å². The minimum atomic E-state index is -1.09. The van der Waals surface area contributed by atoms with Crippen LogP contribution < -0.4 is 4.74 Å². The van der Waals surface area contributed by atoms with E-state index in [9.17, 15) is 24.9 Å². The van der Waals surface area contributed by atoms with E-state index in [0.717, 1.165) is 34.9 Å². The van der Waals surface area contributed by atoms with E-state index in [1.807, 2.05) is 53.9 Å². The number of benzene rings is 1. The molecule has 306 valence electrons. The second-order valence-corrected chi connectivity index (χ2v) is 13.8. The summed E-state index contributed by atoms with van der Waals surface area (Å²) >= 11 is 6.42. The maximum Gasteiger partial charge on any atom is 0.354 e. The zero-order chi connectivity index (χ0) is 40.2. The third-order valence-electron chi connectivity index (χ3n) is 7.94. The molecule has 3 rings (SSSR count). The Labute approximate surface area is 338 Å². The number of nitrogens with zero attached hydrogens (tertiary/aromatic N) is 5. The molecule has 0 bridgehead atoms. The first-order chi connectivity index (χ1) is 27.3. The Hall–Kier alpha value is -3.87. The van der Waals surface area contributed by atoms with Gasteiger partial charge in [0, 0.05) is 51.6 Å². The van der Waals surface area contributed by atoms with Crippen molar-refractivity contribution in [3.8, 4) is 5.75 Å². The Morgan fingerprint density at radius 2 is 1.34 bits per heavy atom. The largest absolute Gasteiger partial charge is 0.491 e. The van der Waals surface area contributed by atoms with Gasteiger partial charge in [-0.2, -0.15) is 16.8 Å². The number of carbonyl (C=O) groups is 2. The Morgan fingerprint density at radius 3 is 2.00 bits per heavy atom. The molecule has 3 aromatic rings. The Balaban J connectivity index is 1.29. The quantitative estimate of drug-likeness (QED) is 0.0455. The minimum Gasteiger partial charge on any atom is -0.491 e. The summed E-state index contributed by atoms with van der Waals surface area (Å²) in [7, 11) is 0. The second-order valence-electron chi connectivity index (χ2n) is 12.4. The summed E-state index contributed by atoms with van der Waals surface area (Å²) in [6.07, 6.45) is 0.911. The van der Waals surface area contributed by atoms with E-state index in [2.05, 4.69) is 37.2 Å². The highest BCUT2D eigenvalue weighted by Crippen LogP contribution is 2.17. The monoisotopic (exact) mass is 815 g/mol. The first kappa shape index (κ1) is 46.5. The summed E-state index contributed by atoms with van der Waals surface area (Å²) in [5.41, 5.74) is 2.83. The predicted octanol–water partition coefficient (Wildman–Crippen LogP) is 4.48. The number of isothiocyanates is 1. The summed E-state index contributed by atoms with van der Waals surface area (Å²) < 4.78 is 28.9. The van der Waals surface area contributed by atoms with Crippen molar-refractivity contribution in [3.63, 3.8) is 0 Å². The summed E-state index contributed by atoms with van der Waals surface area (Å²) in [6.45, 7) is 9.15. The van der Waals surface area contributed by atoms with Crippen LogP contribution in [-0.2, 0) is 32.0 Å². The van der Waals surface area contributed by atoms with Crippen LogP contribution in [0.2, 0.25) is 0 Å². The van der Waals surface area contributed by atoms with Crippen molar-refractivity contribution in [1.82, 2.24) is 19.8 Å². The first-order valence-corrected chi connectivity index (χ1v) is 20.0. The first-order valence-electron chi connectivity index (χ1n) is 18.4. The lowest BCUT2D eigenvalue weighted by Gasteiger charge is -2.22. The molecule has 0 radical (unpaired) electrons. The number of aromatic nitrogens is 2. The number of aryl methyl sites for hydroxylation is 1. The van der Waals surface area contributed by atoms with Crippen LogP contribution in [0.1, 0.15) is 44.3 Å². The number of rotatable bonds is 32. The third-order valence-corrected chi connectivity index (χ3v) is 9.06. The standard InChI is InChI=1S/C39H53N5O10S2/c1-31-26-34(42-37(27-31)39(48)49)29-44(12-16-50-15-3-24-56-25-23-53-21-22-54-35-8-6-32(7-9-35)40-30-55)13-18-52-20-19-51-17-11-43(10-14-45)28-33-4-2-5-36(41-33)38(46)47/h2,4-9,26-27,45H,3,10-25,28-29H2,1H3,(H,46,47)(H,48,49). The van der Waals surface area contributed by atoms with Gasteiger partial charge in [0.2, 0.25) is 0 Å². The van der Waals surface area contributed by atoms with Crippen molar-refractivity contribution >= 4 is 46.8 Å². The van der Waals surface area contributed by atoms with Gasteiger partial charge in [-0.05, 0) is 85.4 Å². The molecule has 0 aliphatic heterocycles. The number of carboxylic acids is 2. The highest BCUT2D eigenvalue weighted by molar-refractivity contribution is 7.99. The molecule has 0 unspecified atom stereocenters. The molecule has 0 fully saturated rings. The van der Waals surface area contributed by atoms with Gasteiger partial charge in [-0.1, -0.05) is 6.07 Å². The van der Waals surface area contributed by atoms with Crippen LogP contribution in [0, 0.1) is 6.92 Å². The number of aliphatic hydroxyl groups excluding tert-OH is 1.